The summed E-state index contributed by atoms with van der Waals surface area (Å²) in [5.41, 5.74) is 1.06. The number of benzene rings is 1. The fraction of sp³-hybridized carbons (Fsp3) is 0.364. The summed E-state index contributed by atoms with van der Waals surface area (Å²) in [6.45, 7) is 2.99. The number of ether oxygens (including phenoxy) is 1. The van der Waals surface area contributed by atoms with E-state index in [1.807, 2.05) is 13.0 Å². The third-order valence-electron chi connectivity index (χ3n) is 2.18. The maximum atomic E-state index is 11.6. The Bertz CT molecular complexity index is 504. The fourth-order valence-electron chi connectivity index (χ4n) is 1.40. The second kappa shape index (κ2) is 5.40. The molecule has 0 aliphatic carbocycles. The van der Waals surface area contributed by atoms with Crippen molar-refractivity contribution in [2.24, 2.45) is 0 Å². The van der Waals surface area contributed by atoms with Gasteiger partial charge in [-0.05, 0) is 17.3 Å². The van der Waals surface area contributed by atoms with Crippen LogP contribution in [0.4, 0.5) is 5.95 Å². The lowest BCUT2D eigenvalue weighted by Crippen LogP contribution is -2.33. The highest BCUT2D eigenvalue weighted by atomic mass is 16.5. The van der Waals surface area contributed by atoms with Crippen molar-refractivity contribution < 1.29 is 9.58 Å². The van der Waals surface area contributed by atoms with Crippen molar-refractivity contribution in [3.63, 3.8) is 0 Å². The van der Waals surface area contributed by atoms with Crippen molar-refractivity contribution in [3.8, 4) is 0 Å². The zero-order valence-electron chi connectivity index (χ0n) is 9.59. The number of hydrogen-bond donors (Lipinski definition) is 1. The quantitative estimate of drug-likeness (QED) is 0.362. The highest BCUT2D eigenvalue weighted by Gasteiger charge is 2.08. The largest absolute Gasteiger partial charge is 0.594 e. The maximum absolute atomic E-state index is 11.6. The molecule has 0 atom stereocenters. The zero-order chi connectivity index (χ0) is 12.1. The van der Waals surface area contributed by atoms with E-state index in [9.17, 15) is 5.21 Å². The average molecular weight is 234 g/mol. The van der Waals surface area contributed by atoms with Crippen LogP contribution >= 0.6 is 0 Å². The van der Waals surface area contributed by atoms with E-state index in [4.69, 9.17) is 4.74 Å². The van der Waals surface area contributed by atoms with Crippen LogP contribution in [0.2, 0.25) is 0 Å². The lowest BCUT2D eigenvalue weighted by Gasteiger charge is -2.05. The molecule has 0 saturated carbocycles. The van der Waals surface area contributed by atoms with Gasteiger partial charge in [0, 0.05) is 12.7 Å². The number of anilines is 1. The Morgan fingerprint density at radius 3 is 3.06 bits per heavy atom. The molecule has 1 N–H and O–H groups in total. The number of fused-ring (bicyclic) bond motifs is 1. The third kappa shape index (κ3) is 2.79. The summed E-state index contributed by atoms with van der Waals surface area (Å²) in [5.74, 6) is 0.273. The lowest BCUT2D eigenvalue weighted by atomic mass is 10.3. The summed E-state index contributed by atoms with van der Waals surface area (Å²) in [5, 5.41) is 18.2. The van der Waals surface area contributed by atoms with Crippen molar-refractivity contribution in [1.29, 1.82) is 0 Å². The summed E-state index contributed by atoms with van der Waals surface area (Å²) in [6.07, 6.45) is 0.946. The van der Waals surface area contributed by atoms with Crippen LogP contribution in [-0.4, -0.2) is 23.4 Å². The van der Waals surface area contributed by atoms with E-state index in [2.05, 4.69) is 15.4 Å². The molecule has 6 heteroatoms. The van der Waals surface area contributed by atoms with Crippen molar-refractivity contribution in [3.05, 3.63) is 29.5 Å². The van der Waals surface area contributed by atoms with Gasteiger partial charge >= 0.3 is 0 Å². The molecule has 0 saturated heterocycles. The van der Waals surface area contributed by atoms with Gasteiger partial charge in [-0.3, -0.25) is 0 Å². The summed E-state index contributed by atoms with van der Waals surface area (Å²) in [4.78, 5) is 4.77. The maximum Gasteiger partial charge on any atom is 0.292 e. The number of nitrogens with zero attached hydrogens (tertiary/aromatic N) is 3. The molecule has 0 unspecified atom stereocenters. The van der Waals surface area contributed by atoms with Gasteiger partial charge in [-0.25, -0.2) is 4.98 Å². The average Bonchev–Trinajstić information content (AvgIpc) is 2.35. The van der Waals surface area contributed by atoms with Gasteiger partial charge in [0.25, 0.3) is 11.5 Å². The van der Waals surface area contributed by atoms with Crippen LogP contribution in [0.1, 0.15) is 13.3 Å². The summed E-state index contributed by atoms with van der Waals surface area (Å²) in [7, 11) is 0. The Morgan fingerprint density at radius 1 is 1.41 bits per heavy atom. The minimum Gasteiger partial charge on any atom is -0.594 e. The van der Waals surface area contributed by atoms with E-state index in [0.717, 1.165) is 6.42 Å². The van der Waals surface area contributed by atoms with E-state index in [1.165, 1.54) is 0 Å². The molecule has 0 aliphatic heterocycles. The summed E-state index contributed by atoms with van der Waals surface area (Å²) < 4.78 is 5.24. The topological polar surface area (TPSA) is 74.0 Å². The first-order valence-corrected chi connectivity index (χ1v) is 5.49. The molecule has 2 aromatic rings. The fourth-order valence-corrected chi connectivity index (χ4v) is 1.40. The molecule has 6 nitrogen and oxygen atoms in total. The number of rotatable bonds is 5. The zero-order valence-corrected chi connectivity index (χ0v) is 9.59. The van der Waals surface area contributed by atoms with E-state index in [1.54, 1.807) is 18.2 Å². The lowest BCUT2D eigenvalue weighted by molar-refractivity contribution is -0.641. The first-order chi connectivity index (χ1) is 8.31. The number of nitrogens with one attached hydrogen (secondary N) is 1. The molecule has 1 heterocycles. The Balaban J connectivity index is 2.13. The van der Waals surface area contributed by atoms with Crippen LogP contribution in [0.25, 0.3) is 11.0 Å². The van der Waals surface area contributed by atoms with Gasteiger partial charge in [0.05, 0.1) is 5.10 Å². The van der Waals surface area contributed by atoms with E-state index in [-0.39, 0.29) is 5.95 Å². The molecule has 0 bridgehead atoms. The van der Waals surface area contributed by atoms with Gasteiger partial charge in [-0.1, -0.05) is 19.1 Å². The van der Waals surface area contributed by atoms with Crippen LogP contribution in [0, 0.1) is 5.21 Å². The van der Waals surface area contributed by atoms with Gasteiger partial charge in [0.2, 0.25) is 0 Å². The monoisotopic (exact) mass is 234 g/mol. The Morgan fingerprint density at radius 2 is 2.24 bits per heavy atom. The van der Waals surface area contributed by atoms with Crippen molar-refractivity contribution >= 4 is 17.0 Å². The standard InChI is InChI=1S/C11H14N4O2/c1-2-7-17-8-12-11-13-9-5-3-4-6-10(9)15(16)14-11/h3-6H,2,7-8H2,1H3,(H,12,13,14). The van der Waals surface area contributed by atoms with Crippen LogP contribution in [0.5, 0.6) is 0 Å². The highest BCUT2D eigenvalue weighted by molar-refractivity contribution is 5.71. The van der Waals surface area contributed by atoms with E-state index in [0.29, 0.717) is 29.2 Å². The minimum absolute atomic E-state index is 0.273. The summed E-state index contributed by atoms with van der Waals surface area (Å²) in [6, 6.07) is 7.05. The molecule has 1 aromatic carbocycles. The Hall–Kier alpha value is -1.95. The van der Waals surface area contributed by atoms with Crippen molar-refractivity contribution in [2.75, 3.05) is 18.7 Å². The molecule has 0 amide bonds. The molecule has 2 rings (SSSR count). The molecule has 0 aliphatic rings. The normalized spacial score (nSPS) is 10.6. The molecule has 1 aromatic heterocycles. The summed E-state index contributed by atoms with van der Waals surface area (Å²) >= 11 is 0. The van der Waals surface area contributed by atoms with E-state index < -0.39 is 0 Å². The number of hydrogen-bond acceptors (Lipinski definition) is 5. The van der Waals surface area contributed by atoms with Crippen LogP contribution < -0.4 is 10.2 Å². The smallest absolute Gasteiger partial charge is 0.292 e. The van der Waals surface area contributed by atoms with E-state index >= 15 is 0 Å². The number of aromatic nitrogens is 3. The molecular formula is C11H14N4O2. The third-order valence-corrected chi connectivity index (χ3v) is 2.18. The highest BCUT2D eigenvalue weighted by Crippen LogP contribution is 2.07. The van der Waals surface area contributed by atoms with Gasteiger partial charge < -0.3 is 15.3 Å². The molecular weight excluding hydrogens is 220 g/mol. The van der Waals surface area contributed by atoms with Gasteiger partial charge in [0.1, 0.15) is 12.2 Å². The van der Waals surface area contributed by atoms with Crippen LogP contribution in [0.15, 0.2) is 24.3 Å². The van der Waals surface area contributed by atoms with Crippen LogP contribution in [-0.2, 0) is 4.74 Å². The predicted molar refractivity (Wildman–Crippen MR) is 63.2 cm³/mol. The SMILES string of the molecule is CCCOCNc1nc2ccccc2[n+]([O-])n1. The number of para-hydroxylation sites is 2. The minimum atomic E-state index is 0.273. The first kappa shape index (κ1) is 11.5. The van der Waals surface area contributed by atoms with Crippen molar-refractivity contribution in [2.45, 2.75) is 13.3 Å². The van der Waals surface area contributed by atoms with Crippen LogP contribution in [0.3, 0.4) is 0 Å². The molecule has 0 spiro atoms. The first-order valence-electron chi connectivity index (χ1n) is 5.49. The van der Waals surface area contributed by atoms with Gasteiger partial charge in [0.15, 0.2) is 0 Å². The Labute approximate surface area is 98.8 Å². The van der Waals surface area contributed by atoms with Gasteiger partial charge in [-0.2, -0.15) is 0 Å². The molecule has 0 fully saturated rings. The molecule has 90 valence electrons. The Kier molecular flexibility index (Phi) is 3.66. The van der Waals surface area contributed by atoms with Crippen molar-refractivity contribution in [1.82, 2.24) is 10.1 Å². The molecule has 0 radical (unpaired) electrons. The second-order valence-electron chi connectivity index (χ2n) is 3.53. The second-order valence-corrected chi connectivity index (χ2v) is 3.53. The van der Waals surface area contributed by atoms with Gasteiger partial charge in [-0.15, -0.1) is 0 Å². The predicted octanol–water partition coefficient (Wildman–Crippen LogP) is 1.06. The molecule has 17 heavy (non-hydrogen) atoms.